The van der Waals surface area contributed by atoms with E-state index in [4.69, 9.17) is 4.99 Å². The first-order valence-electron chi connectivity index (χ1n) is 11.8. The summed E-state index contributed by atoms with van der Waals surface area (Å²) in [5.74, 6) is -0.489. The van der Waals surface area contributed by atoms with E-state index in [1.165, 1.54) is 18.2 Å². The molecule has 4 rings (SSSR count). The molecule has 0 aliphatic carbocycles. The molecule has 0 radical (unpaired) electrons. The highest BCUT2D eigenvalue weighted by molar-refractivity contribution is 14.1. The van der Waals surface area contributed by atoms with Crippen molar-refractivity contribution in [3.05, 3.63) is 92.6 Å². The standard InChI is InChI=1S/C28H26F3IN4O2/c1-27(2,3)36-26(38)33-19-11-8-16(9-12-19)24-20-15-18(32)10-13-22(20)35-25(37)23(34-24)14-17-6-4-5-7-21(17)28(29,30)31/h4-13,15,23H,14H2,1-3H3,(H,35,37)(H2,33,36,38). The topological polar surface area (TPSA) is 82.6 Å². The largest absolute Gasteiger partial charge is 0.416 e. The number of carbonyl (C=O) groups excluding carboxylic acids is 2. The third kappa shape index (κ3) is 6.72. The van der Waals surface area contributed by atoms with Crippen molar-refractivity contribution in [3.63, 3.8) is 0 Å². The van der Waals surface area contributed by atoms with Crippen LogP contribution in [0.1, 0.15) is 43.0 Å². The molecule has 0 fully saturated rings. The number of aliphatic imine (C=N–C) groups is 1. The molecular formula is C28H26F3IN4O2. The van der Waals surface area contributed by atoms with Crippen LogP contribution in [0.15, 0.2) is 71.7 Å². The van der Waals surface area contributed by atoms with Gasteiger partial charge in [0, 0.05) is 32.3 Å². The lowest BCUT2D eigenvalue weighted by atomic mass is 9.98. The number of halogens is 4. The first-order chi connectivity index (χ1) is 17.8. The van der Waals surface area contributed by atoms with Gasteiger partial charge in [-0.25, -0.2) is 4.79 Å². The Balaban J connectivity index is 1.72. The van der Waals surface area contributed by atoms with Gasteiger partial charge in [-0.15, -0.1) is 0 Å². The molecule has 1 unspecified atom stereocenters. The van der Waals surface area contributed by atoms with E-state index in [0.717, 1.165) is 9.64 Å². The van der Waals surface area contributed by atoms with Gasteiger partial charge in [0.15, 0.2) is 0 Å². The van der Waals surface area contributed by atoms with Crippen molar-refractivity contribution in [3.8, 4) is 0 Å². The van der Waals surface area contributed by atoms with Crippen LogP contribution in [-0.2, 0) is 17.4 Å². The van der Waals surface area contributed by atoms with Gasteiger partial charge >= 0.3 is 12.2 Å². The zero-order chi connectivity index (χ0) is 27.7. The van der Waals surface area contributed by atoms with Crippen LogP contribution in [0, 0.1) is 3.57 Å². The minimum atomic E-state index is -4.55. The maximum atomic E-state index is 13.6. The fourth-order valence-corrected chi connectivity index (χ4v) is 4.58. The van der Waals surface area contributed by atoms with Gasteiger partial charge < -0.3 is 16.0 Å². The first kappa shape index (κ1) is 27.6. The average Bonchev–Trinajstić information content (AvgIpc) is 2.94. The number of anilines is 2. The van der Waals surface area contributed by atoms with Crippen LogP contribution >= 0.6 is 22.6 Å². The van der Waals surface area contributed by atoms with E-state index in [0.29, 0.717) is 28.2 Å². The fourth-order valence-electron chi connectivity index (χ4n) is 4.09. The number of benzodiazepines with no additional fused rings is 1. The van der Waals surface area contributed by atoms with E-state index in [1.54, 1.807) is 30.3 Å². The van der Waals surface area contributed by atoms with Crippen LogP contribution in [0.25, 0.3) is 0 Å². The van der Waals surface area contributed by atoms with Gasteiger partial charge in [0.1, 0.15) is 6.04 Å². The van der Waals surface area contributed by atoms with Gasteiger partial charge in [-0.1, -0.05) is 30.3 Å². The number of nitrogens with one attached hydrogen (secondary N) is 3. The molecular weight excluding hydrogens is 608 g/mol. The highest BCUT2D eigenvalue weighted by atomic mass is 127. The SMILES string of the molecule is CC(C)(C)NC(=O)Nc1ccc(C2=NC(Cc3ccccc3C(F)(F)F)C(=O)Nc3ccc(I)cc32)cc1. The zero-order valence-corrected chi connectivity index (χ0v) is 23.1. The Bertz CT molecular complexity index is 1400. The summed E-state index contributed by atoms with van der Waals surface area (Å²) in [4.78, 5) is 30.1. The van der Waals surface area contributed by atoms with Crippen LogP contribution in [0.5, 0.6) is 0 Å². The Morgan fingerprint density at radius 2 is 1.71 bits per heavy atom. The van der Waals surface area contributed by atoms with Crippen molar-refractivity contribution >= 4 is 51.6 Å². The summed E-state index contributed by atoms with van der Waals surface area (Å²) in [6.07, 6.45) is -4.77. The summed E-state index contributed by atoms with van der Waals surface area (Å²) >= 11 is 2.15. The number of fused-ring (bicyclic) bond motifs is 1. The third-order valence-corrected chi connectivity index (χ3v) is 6.39. The monoisotopic (exact) mass is 634 g/mol. The summed E-state index contributed by atoms with van der Waals surface area (Å²) in [5.41, 5.74) is 1.66. The molecule has 3 N–H and O–H groups in total. The van der Waals surface area contributed by atoms with Crippen LogP contribution in [-0.4, -0.2) is 29.2 Å². The van der Waals surface area contributed by atoms with Crippen LogP contribution in [0.4, 0.5) is 29.3 Å². The highest BCUT2D eigenvalue weighted by Gasteiger charge is 2.35. The Hall–Kier alpha value is -3.41. The molecule has 6 nitrogen and oxygen atoms in total. The van der Waals surface area contributed by atoms with Crippen molar-refractivity contribution in [1.82, 2.24) is 5.32 Å². The molecule has 10 heteroatoms. The summed E-state index contributed by atoms with van der Waals surface area (Å²) in [6, 6.07) is 16.2. The van der Waals surface area contributed by atoms with Crippen molar-refractivity contribution in [2.75, 3.05) is 10.6 Å². The molecule has 3 amide bonds. The van der Waals surface area contributed by atoms with Crippen LogP contribution in [0.3, 0.4) is 0 Å². The van der Waals surface area contributed by atoms with E-state index in [9.17, 15) is 22.8 Å². The molecule has 3 aromatic carbocycles. The third-order valence-electron chi connectivity index (χ3n) is 5.72. The Labute approximate surface area is 232 Å². The number of urea groups is 1. The molecule has 0 saturated carbocycles. The lowest BCUT2D eigenvalue weighted by Gasteiger charge is -2.20. The number of hydrogen-bond donors (Lipinski definition) is 3. The van der Waals surface area contributed by atoms with Gasteiger partial charge in [-0.3, -0.25) is 9.79 Å². The summed E-state index contributed by atoms with van der Waals surface area (Å²) in [7, 11) is 0. The normalized spacial score (nSPS) is 15.6. The predicted molar refractivity (Wildman–Crippen MR) is 151 cm³/mol. The van der Waals surface area contributed by atoms with Crippen LogP contribution < -0.4 is 16.0 Å². The molecule has 0 saturated heterocycles. The van der Waals surface area contributed by atoms with E-state index in [-0.39, 0.29) is 18.0 Å². The van der Waals surface area contributed by atoms with Crippen molar-refractivity contribution in [2.24, 2.45) is 4.99 Å². The van der Waals surface area contributed by atoms with Crippen molar-refractivity contribution in [2.45, 2.75) is 44.9 Å². The second-order valence-electron chi connectivity index (χ2n) is 9.94. The second kappa shape index (κ2) is 10.8. The van der Waals surface area contributed by atoms with Gasteiger partial charge in [-0.2, -0.15) is 13.2 Å². The Morgan fingerprint density at radius 3 is 2.37 bits per heavy atom. The molecule has 0 aromatic heterocycles. The number of alkyl halides is 3. The lowest BCUT2D eigenvalue weighted by Crippen LogP contribution is -2.43. The molecule has 0 bridgehead atoms. The maximum absolute atomic E-state index is 13.6. The maximum Gasteiger partial charge on any atom is 0.416 e. The molecule has 38 heavy (non-hydrogen) atoms. The smallest absolute Gasteiger partial charge is 0.333 e. The summed E-state index contributed by atoms with van der Waals surface area (Å²) in [6.45, 7) is 5.62. The number of hydrogen-bond acceptors (Lipinski definition) is 3. The quantitative estimate of drug-likeness (QED) is 0.282. The Kier molecular flexibility index (Phi) is 7.82. The number of nitrogens with zero attached hydrogens (tertiary/aromatic N) is 1. The zero-order valence-electron chi connectivity index (χ0n) is 20.9. The van der Waals surface area contributed by atoms with Gasteiger partial charge in [0.05, 0.1) is 17.0 Å². The van der Waals surface area contributed by atoms with E-state index in [1.807, 2.05) is 32.9 Å². The molecule has 1 aliphatic rings. The second-order valence-corrected chi connectivity index (χ2v) is 11.2. The molecule has 0 spiro atoms. The molecule has 1 heterocycles. The van der Waals surface area contributed by atoms with Crippen LogP contribution in [0.2, 0.25) is 0 Å². The average molecular weight is 634 g/mol. The fraction of sp³-hybridized carbons (Fsp3) is 0.250. The molecule has 198 valence electrons. The first-order valence-corrected chi connectivity index (χ1v) is 12.9. The molecule has 3 aromatic rings. The Morgan fingerprint density at radius 1 is 1.03 bits per heavy atom. The van der Waals surface area contributed by atoms with Crippen molar-refractivity contribution in [1.29, 1.82) is 0 Å². The van der Waals surface area contributed by atoms with Gasteiger partial charge in [0.25, 0.3) is 0 Å². The molecule has 1 aliphatic heterocycles. The van der Waals surface area contributed by atoms with Gasteiger partial charge in [0.2, 0.25) is 5.91 Å². The minimum absolute atomic E-state index is 0.00630. The lowest BCUT2D eigenvalue weighted by molar-refractivity contribution is -0.138. The number of rotatable bonds is 4. The summed E-state index contributed by atoms with van der Waals surface area (Å²) in [5, 5.41) is 8.43. The van der Waals surface area contributed by atoms with E-state index >= 15 is 0 Å². The number of benzene rings is 3. The minimum Gasteiger partial charge on any atom is -0.333 e. The number of carbonyl (C=O) groups is 2. The highest BCUT2D eigenvalue weighted by Crippen LogP contribution is 2.34. The van der Waals surface area contributed by atoms with Crippen molar-refractivity contribution < 1.29 is 22.8 Å². The summed E-state index contributed by atoms with van der Waals surface area (Å²) < 4.78 is 41.8. The molecule has 1 atom stereocenters. The number of amides is 3. The van der Waals surface area contributed by atoms with E-state index in [2.05, 4.69) is 38.5 Å². The van der Waals surface area contributed by atoms with Gasteiger partial charge in [-0.05, 0) is 85.3 Å². The van der Waals surface area contributed by atoms with E-state index < -0.39 is 29.2 Å². The predicted octanol–water partition coefficient (Wildman–Crippen LogP) is 6.63.